The lowest BCUT2D eigenvalue weighted by Gasteiger charge is -2.53. The molecule has 4 rings (SSSR count). The van der Waals surface area contributed by atoms with Gasteiger partial charge in [-0.2, -0.15) is 0 Å². The standard InChI is InChI=1S/C36H50N4OSi.2CH2Cl2/c1-24(2)31-15-13-16-32(25(3)4)35(31)39-28(9)23-29(10)40(36-33(26(5)6)17-14-18-34(36)27(7)8)42(39,41)38-21-19-30(20-22-38)37(11)12;2*2-1-3/h13-27H,9H2,1-8,10-12H3;2*1H2/t42-;;/m0../s1. The van der Waals surface area contributed by atoms with E-state index in [9.17, 15) is 0 Å². The van der Waals surface area contributed by atoms with Crippen LogP contribution in [0.15, 0.2) is 85.0 Å². The van der Waals surface area contributed by atoms with Crippen LogP contribution in [0.4, 0.5) is 17.1 Å². The van der Waals surface area contributed by atoms with Crippen molar-refractivity contribution in [3.63, 3.8) is 0 Å². The highest BCUT2D eigenvalue weighted by molar-refractivity contribution is 6.72. The molecule has 0 bridgehead atoms. The van der Waals surface area contributed by atoms with Crippen LogP contribution < -0.4 is 23.1 Å². The van der Waals surface area contributed by atoms with E-state index in [1.807, 2.05) is 30.7 Å². The Bertz CT molecular complexity index is 1470. The number of alkyl halides is 4. The summed E-state index contributed by atoms with van der Waals surface area (Å²) in [7, 11) is -0.0443. The van der Waals surface area contributed by atoms with Gasteiger partial charge in [0, 0.05) is 54.7 Å². The summed E-state index contributed by atoms with van der Waals surface area (Å²) in [5.41, 5.74) is 9.54. The molecule has 0 saturated carbocycles. The zero-order valence-electron chi connectivity index (χ0n) is 30.5. The van der Waals surface area contributed by atoms with Gasteiger partial charge in [0.1, 0.15) is 0 Å². The topological polar surface area (TPSA) is 36.7 Å². The maximum absolute atomic E-state index is 16.6. The van der Waals surface area contributed by atoms with Crippen LogP contribution in [-0.2, 0) is 0 Å². The molecule has 2 heterocycles. The van der Waals surface area contributed by atoms with Crippen LogP contribution in [0.1, 0.15) is 108 Å². The SMILES string of the molecule is C=C1C=C(C)N(c2c(C(C)C)cccc2C(C)C)[Si@]([O-])([n+]2ccc(N(C)C)cc2)N1c1c(C(C)C)cccc1C(C)C.ClCCl.ClCCl. The second-order valence-electron chi connectivity index (χ2n) is 13.3. The van der Waals surface area contributed by atoms with Crippen molar-refractivity contribution in [1.29, 1.82) is 0 Å². The molecule has 1 aliphatic heterocycles. The Morgan fingerprint density at radius 1 is 0.688 bits per heavy atom. The molecule has 10 heteroatoms. The molecule has 0 saturated heterocycles. The first-order valence-corrected chi connectivity index (χ1v) is 20.3. The monoisotopic (exact) mass is 750 g/mol. The molecule has 1 atom stereocenters. The highest BCUT2D eigenvalue weighted by Gasteiger charge is 2.55. The second kappa shape index (κ2) is 18.7. The van der Waals surface area contributed by atoms with Crippen molar-refractivity contribution in [1.82, 2.24) is 0 Å². The number of hydrogen-bond acceptors (Lipinski definition) is 4. The van der Waals surface area contributed by atoms with Crippen LogP contribution in [0.25, 0.3) is 0 Å². The molecule has 3 aromatic rings. The van der Waals surface area contributed by atoms with E-state index in [2.05, 4.69) is 138 Å². The fraction of sp³-hybridized carbons (Fsp3) is 0.447. The molecular formula is C38H54Cl4N4OSi. The van der Waals surface area contributed by atoms with E-state index in [1.54, 1.807) is 0 Å². The van der Waals surface area contributed by atoms with Gasteiger partial charge in [-0.1, -0.05) is 98.4 Å². The predicted octanol–water partition coefficient (Wildman–Crippen LogP) is 10.5. The molecule has 0 amide bonds. The molecule has 0 N–H and O–H groups in total. The molecular weight excluding hydrogens is 698 g/mol. The van der Waals surface area contributed by atoms with Gasteiger partial charge in [0.15, 0.2) is 12.4 Å². The van der Waals surface area contributed by atoms with Crippen LogP contribution in [0, 0.1) is 0 Å². The van der Waals surface area contributed by atoms with E-state index in [0.29, 0.717) is 0 Å². The number of hydrogen-bond donors (Lipinski definition) is 0. The van der Waals surface area contributed by atoms with Crippen molar-refractivity contribution in [2.45, 2.75) is 86.0 Å². The Hall–Kier alpha value is -2.19. The van der Waals surface area contributed by atoms with Gasteiger partial charge >= 0.3 is 8.80 Å². The quantitative estimate of drug-likeness (QED) is 0.170. The molecule has 0 fully saturated rings. The van der Waals surface area contributed by atoms with Crippen molar-refractivity contribution in [2.75, 3.05) is 38.8 Å². The van der Waals surface area contributed by atoms with E-state index >= 15 is 4.80 Å². The first kappa shape index (κ1) is 42.0. The molecule has 48 heavy (non-hydrogen) atoms. The van der Waals surface area contributed by atoms with Gasteiger partial charge in [0.25, 0.3) is 0 Å². The number of pyridine rings is 1. The Kier molecular flexibility index (Phi) is 16.4. The average Bonchev–Trinajstić information content (AvgIpc) is 3.01. The molecule has 1 aliphatic rings. The van der Waals surface area contributed by atoms with Gasteiger partial charge in [-0.05, 0) is 58.9 Å². The minimum atomic E-state index is -4.10. The average molecular weight is 753 g/mol. The van der Waals surface area contributed by atoms with E-state index in [1.165, 1.54) is 22.3 Å². The normalized spacial score (nSPS) is 16.2. The summed E-state index contributed by atoms with van der Waals surface area (Å²) < 4.78 is 6.23. The minimum absolute atomic E-state index is 0.194. The lowest BCUT2D eigenvalue weighted by Crippen LogP contribution is -2.91. The summed E-state index contributed by atoms with van der Waals surface area (Å²) in [6.07, 6.45) is 6.08. The fourth-order valence-electron chi connectivity index (χ4n) is 6.18. The van der Waals surface area contributed by atoms with Gasteiger partial charge in [0.2, 0.25) is 0 Å². The Balaban J connectivity index is 0.00000124. The molecule has 0 unspecified atom stereocenters. The van der Waals surface area contributed by atoms with Gasteiger partial charge in [0.05, 0.1) is 10.7 Å². The van der Waals surface area contributed by atoms with Gasteiger partial charge in [-0.25, -0.2) is 0 Å². The van der Waals surface area contributed by atoms with Crippen molar-refractivity contribution in [3.05, 3.63) is 107 Å². The van der Waals surface area contributed by atoms with E-state index < -0.39 is 8.80 Å². The zero-order chi connectivity index (χ0) is 36.5. The minimum Gasteiger partial charge on any atom is -0.767 e. The largest absolute Gasteiger partial charge is 0.767 e. The summed E-state index contributed by atoms with van der Waals surface area (Å²) in [5, 5.41) is 0.389. The fourth-order valence-corrected chi connectivity index (χ4v) is 9.44. The van der Waals surface area contributed by atoms with Crippen molar-refractivity contribution in [3.8, 4) is 0 Å². The number of aromatic nitrogens is 1. The van der Waals surface area contributed by atoms with Crippen molar-refractivity contribution in [2.24, 2.45) is 0 Å². The van der Waals surface area contributed by atoms with Crippen LogP contribution in [-0.4, -0.2) is 33.6 Å². The second-order valence-corrected chi connectivity index (χ2v) is 17.4. The van der Waals surface area contributed by atoms with Crippen LogP contribution >= 0.6 is 46.4 Å². The number of rotatable bonds is 8. The first-order chi connectivity index (χ1) is 22.5. The summed E-state index contributed by atoms with van der Waals surface area (Å²) in [5.74, 6) is 0.971. The third-order valence-corrected chi connectivity index (χ3v) is 11.6. The summed E-state index contributed by atoms with van der Waals surface area (Å²) >= 11 is 19.1. The Morgan fingerprint density at radius 2 is 1.02 bits per heavy atom. The molecule has 2 aromatic carbocycles. The van der Waals surface area contributed by atoms with Crippen molar-refractivity contribution >= 4 is 72.3 Å². The molecule has 1 aromatic heterocycles. The predicted molar refractivity (Wildman–Crippen MR) is 212 cm³/mol. The maximum atomic E-state index is 16.6. The molecule has 0 radical (unpaired) electrons. The number of allylic oxidation sites excluding steroid dienone is 2. The number of halogens is 4. The van der Waals surface area contributed by atoms with Crippen molar-refractivity contribution < 1.29 is 9.03 Å². The highest BCUT2D eigenvalue weighted by atomic mass is 35.5. The number of nitrogens with zero attached hydrogens (tertiary/aromatic N) is 4. The van der Waals surface area contributed by atoms with Gasteiger partial charge in [-0.3, -0.25) is 4.23 Å². The Labute approximate surface area is 311 Å². The third kappa shape index (κ3) is 9.12. The maximum Gasteiger partial charge on any atom is 0.535 e. The smallest absolute Gasteiger partial charge is 0.535 e. The van der Waals surface area contributed by atoms with E-state index in [4.69, 9.17) is 46.4 Å². The third-order valence-electron chi connectivity index (χ3n) is 8.39. The van der Waals surface area contributed by atoms with Crippen LogP contribution in [0.3, 0.4) is 0 Å². The lowest BCUT2D eigenvalue weighted by molar-refractivity contribution is -0.602. The Morgan fingerprint density at radius 3 is 1.33 bits per heavy atom. The number of benzene rings is 2. The molecule has 0 aliphatic carbocycles. The number of anilines is 3. The summed E-state index contributed by atoms with van der Waals surface area (Å²) in [6, 6.07) is 17.1. The van der Waals surface area contributed by atoms with E-state index in [0.717, 1.165) is 28.5 Å². The lowest BCUT2D eigenvalue weighted by atomic mass is 9.92. The first-order valence-electron chi connectivity index (χ1n) is 16.4. The zero-order valence-corrected chi connectivity index (χ0v) is 34.5. The molecule has 264 valence electrons. The van der Waals surface area contributed by atoms with E-state index in [-0.39, 0.29) is 34.3 Å². The molecule has 0 spiro atoms. The summed E-state index contributed by atoms with van der Waals surface area (Å²) in [6.45, 7) is 24.4. The van der Waals surface area contributed by atoms with Gasteiger partial charge < -0.3 is 18.8 Å². The van der Waals surface area contributed by atoms with Crippen LogP contribution in [0.5, 0.6) is 0 Å². The number of para-hydroxylation sites is 2. The summed E-state index contributed by atoms with van der Waals surface area (Å²) in [4.78, 5) is 18.7. The van der Waals surface area contributed by atoms with Crippen LogP contribution in [0.2, 0.25) is 0 Å². The van der Waals surface area contributed by atoms with Gasteiger partial charge in [-0.15, -0.1) is 46.4 Å². The molecule has 5 nitrogen and oxygen atoms in total. The highest BCUT2D eigenvalue weighted by Crippen LogP contribution is 2.45.